The lowest BCUT2D eigenvalue weighted by molar-refractivity contribution is -0.140. The van der Waals surface area contributed by atoms with Crippen LogP contribution in [0.5, 0.6) is 5.75 Å². The Hall–Kier alpha value is -1.30. The van der Waals surface area contributed by atoms with Crippen LogP contribution in [0.3, 0.4) is 0 Å². The van der Waals surface area contributed by atoms with Crippen LogP contribution < -0.4 is 9.82 Å². The van der Waals surface area contributed by atoms with E-state index in [2.05, 4.69) is 5.09 Å². The minimum Gasteiger partial charge on any atom is -0.426 e. The molecule has 0 spiro atoms. The molecule has 1 amide bonds. The number of hydrogen-bond acceptors (Lipinski definition) is 5. The number of benzene rings is 1. The molecule has 0 bridgehead atoms. The maximum absolute atomic E-state index is 12.8. The van der Waals surface area contributed by atoms with Gasteiger partial charge in [-0.3, -0.25) is 18.8 Å². The van der Waals surface area contributed by atoms with E-state index in [4.69, 9.17) is 4.74 Å². The van der Waals surface area contributed by atoms with E-state index >= 15 is 0 Å². The van der Waals surface area contributed by atoms with Gasteiger partial charge in [0.05, 0.1) is 0 Å². The molecule has 23 heavy (non-hydrogen) atoms. The Morgan fingerprint density at radius 3 is 2.48 bits per heavy atom. The molecule has 0 aromatic heterocycles. The van der Waals surface area contributed by atoms with E-state index in [0.29, 0.717) is 5.75 Å². The molecule has 0 fully saturated rings. The van der Waals surface area contributed by atoms with Gasteiger partial charge in [0.25, 0.3) is 6.65 Å². The quantitative estimate of drug-likeness (QED) is 0.333. The minimum absolute atomic E-state index is 0.125. The number of esters is 1. The molecule has 1 aromatic rings. The van der Waals surface area contributed by atoms with Gasteiger partial charge in [-0.1, -0.05) is 43.4 Å². The maximum Gasteiger partial charge on any atom is 0.320 e. The molecule has 1 aromatic carbocycles. The van der Waals surface area contributed by atoms with Crippen LogP contribution in [-0.4, -0.2) is 35.9 Å². The molecule has 0 saturated heterocycles. The van der Waals surface area contributed by atoms with E-state index in [9.17, 15) is 14.2 Å². The third-order valence-electron chi connectivity index (χ3n) is 3.21. The summed E-state index contributed by atoms with van der Waals surface area (Å²) in [5.74, 6) is -0.845. The van der Waals surface area contributed by atoms with Gasteiger partial charge in [0.15, 0.2) is 0 Å². The third kappa shape index (κ3) is 6.01. The number of hydrogen-bond donors (Lipinski definition) is 1. The Kier molecular flexibility index (Phi) is 7.82. The number of ether oxygens (including phenoxy) is 1. The van der Waals surface area contributed by atoms with Gasteiger partial charge in [0.2, 0.25) is 5.91 Å². The fourth-order valence-corrected chi connectivity index (χ4v) is 6.11. The monoisotopic (exact) mass is 358 g/mol. The number of nitrogens with zero attached hydrogens (tertiary/aromatic N) is 1. The highest BCUT2D eigenvalue weighted by molar-refractivity contribution is 8.57. The van der Waals surface area contributed by atoms with Crippen molar-refractivity contribution in [3.8, 4) is 5.75 Å². The number of nitrogens with one attached hydrogen (secondary N) is 1. The lowest BCUT2D eigenvalue weighted by atomic mass is 10.3. The largest absolute Gasteiger partial charge is 0.426 e. The fraction of sp³-hybridized carbons (Fsp3) is 0.467. The molecule has 0 radical (unpaired) electrons. The number of amides is 1. The summed E-state index contributed by atoms with van der Waals surface area (Å²) in [6.45, 7) is 0.808. The second kappa shape index (κ2) is 9.11. The smallest absolute Gasteiger partial charge is 0.320 e. The van der Waals surface area contributed by atoms with Gasteiger partial charge in [0.1, 0.15) is 12.2 Å². The Morgan fingerprint density at radius 2 is 1.96 bits per heavy atom. The Morgan fingerprint density at radius 1 is 1.35 bits per heavy atom. The molecule has 1 rings (SSSR count). The lowest BCUT2D eigenvalue weighted by Gasteiger charge is -2.28. The summed E-state index contributed by atoms with van der Waals surface area (Å²) in [5, 5.41) is 2.84. The maximum atomic E-state index is 12.8. The molecule has 8 heteroatoms. The third-order valence-corrected chi connectivity index (χ3v) is 8.98. The van der Waals surface area contributed by atoms with E-state index in [0.717, 1.165) is 11.1 Å². The van der Waals surface area contributed by atoms with Gasteiger partial charge >= 0.3 is 5.97 Å². The Labute approximate surface area is 141 Å². The van der Waals surface area contributed by atoms with Crippen molar-refractivity contribution >= 4 is 29.9 Å². The van der Waals surface area contributed by atoms with Crippen molar-refractivity contribution in [2.75, 3.05) is 14.1 Å². The highest BCUT2D eigenvalue weighted by Gasteiger charge is 2.33. The molecule has 2 atom stereocenters. The van der Waals surface area contributed by atoms with Crippen molar-refractivity contribution in [2.45, 2.75) is 31.9 Å². The van der Waals surface area contributed by atoms with Crippen LogP contribution in [0.15, 0.2) is 30.3 Å². The van der Waals surface area contributed by atoms with Crippen molar-refractivity contribution in [1.29, 1.82) is 0 Å². The van der Waals surface area contributed by atoms with Crippen LogP contribution in [-0.2, 0) is 14.2 Å². The minimum atomic E-state index is -3.12. The van der Waals surface area contributed by atoms with E-state index in [1.54, 1.807) is 37.4 Å². The Bertz CT molecular complexity index is 582. The standard InChI is InChI=1S/C15H23N2O4PS/c1-5-12(2)23-22(20,16-3)17(4)14(18)11-15(19)21-13-9-7-6-8-10-13/h6-10,12H,5,11H2,1-4H3,(H,16,20). The highest BCUT2D eigenvalue weighted by Crippen LogP contribution is 2.59. The number of para-hydroxylation sites is 1. The van der Waals surface area contributed by atoms with Crippen molar-refractivity contribution in [2.24, 2.45) is 0 Å². The van der Waals surface area contributed by atoms with Crippen molar-refractivity contribution in [3.05, 3.63) is 30.3 Å². The zero-order chi connectivity index (χ0) is 17.5. The zero-order valence-corrected chi connectivity index (χ0v) is 15.5. The van der Waals surface area contributed by atoms with E-state index < -0.39 is 24.9 Å². The second-order valence-corrected chi connectivity index (χ2v) is 10.2. The summed E-state index contributed by atoms with van der Waals surface area (Å²) in [6, 6.07) is 8.52. The predicted molar refractivity (Wildman–Crippen MR) is 93.5 cm³/mol. The first-order valence-corrected chi connectivity index (χ1v) is 10.5. The molecular weight excluding hydrogens is 335 g/mol. The van der Waals surface area contributed by atoms with Crippen LogP contribution in [0.2, 0.25) is 0 Å². The summed E-state index contributed by atoms with van der Waals surface area (Å²) in [7, 11) is 2.98. The summed E-state index contributed by atoms with van der Waals surface area (Å²) in [5.41, 5.74) is 0. The van der Waals surface area contributed by atoms with Crippen molar-refractivity contribution in [1.82, 2.24) is 9.76 Å². The molecule has 0 heterocycles. The van der Waals surface area contributed by atoms with E-state index in [1.807, 2.05) is 13.8 Å². The van der Waals surface area contributed by atoms with Gasteiger partial charge in [-0.15, -0.1) is 0 Å². The highest BCUT2D eigenvalue weighted by atomic mass is 32.7. The molecule has 0 aliphatic heterocycles. The van der Waals surface area contributed by atoms with Crippen molar-refractivity contribution < 1.29 is 18.9 Å². The topological polar surface area (TPSA) is 75.7 Å². The molecule has 0 aliphatic rings. The molecule has 6 nitrogen and oxygen atoms in total. The van der Waals surface area contributed by atoms with Gasteiger partial charge in [-0.05, 0) is 25.6 Å². The molecule has 0 aliphatic carbocycles. The van der Waals surface area contributed by atoms with Crippen LogP contribution in [0.25, 0.3) is 0 Å². The summed E-state index contributed by atoms with van der Waals surface area (Å²) < 4.78 is 19.0. The summed E-state index contributed by atoms with van der Waals surface area (Å²) in [4.78, 5) is 24.1. The molecular formula is C15H23N2O4PS. The zero-order valence-electron chi connectivity index (χ0n) is 13.8. The van der Waals surface area contributed by atoms with Crippen LogP contribution in [0.4, 0.5) is 0 Å². The summed E-state index contributed by atoms with van der Waals surface area (Å²) >= 11 is 1.21. The lowest BCUT2D eigenvalue weighted by Crippen LogP contribution is -2.30. The van der Waals surface area contributed by atoms with Crippen LogP contribution in [0, 0.1) is 0 Å². The number of carbonyl (C=O) groups is 2. The fourth-order valence-electron chi connectivity index (χ4n) is 1.63. The predicted octanol–water partition coefficient (Wildman–Crippen LogP) is 3.30. The summed E-state index contributed by atoms with van der Waals surface area (Å²) in [6.07, 6.45) is 0.368. The number of rotatable bonds is 8. The van der Waals surface area contributed by atoms with E-state index in [-0.39, 0.29) is 5.25 Å². The first kappa shape index (κ1) is 19.7. The average Bonchev–Trinajstić information content (AvgIpc) is 2.54. The molecule has 2 unspecified atom stereocenters. The van der Waals surface area contributed by atoms with Crippen molar-refractivity contribution in [3.63, 3.8) is 0 Å². The van der Waals surface area contributed by atoms with E-state index in [1.165, 1.54) is 18.4 Å². The first-order chi connectivity index (χ1) is 10.8. The van der Waals surface area contributed by atoms with Crippen LogP contribution >= 0.6 is 18.0 Å². The molecule has 1 N–H and O–H groups in total. The van der Waals surface area contributed by atoms with Crippen LogP contribution in [0.1, 0.15) is 26.7 Å². The molecule has 0 saturated carbocycles. The first-order valence-electron chi connectivity index (χ1n) is 7.32. The normalized spacial score (nSPS) is 14.6. The Balaban J connectivity index is 2.67. The van der Waals surface area contributed by atoms with Gasteiger partial charge < -0.3 is 4.74 Å². The molecule has 128 valence electrons. The van der Waals surface area contributed by atoms with Gasteiger partial charge in [-0.25, -0.2) is 5.09 Å². The van der Waals surface area contributed by atoms with Gasteiger partial charge in [-0.2, -0.15) is 0 Å². The number of carbonyl (C=O) groups excluding carboxylic acids is 2. The SMILES string of the molecule is CCC(C)SP(=O)(NC)N(C)C(=O)CC(=O)Oc1ccccc1. The van der Waals surface area contributed by atoms with Gasteiger partial charge in [0, 0.05) is 12.3 Å². The average molecular weight is 358 g/mol. The second-order valence-electron chi connectivity index (χ2n) is 4.95.